The SMILES string of the molecule is Cc1cc(-c2cc(C(=O)OCC(=O)N3CCCC3c3cccs3)c3c(C)noc3n2)c(C)o1. The van der Waals surface area contributed by atoms with Crippen LogP contribution in [0.3, 0.4) is 0 Å². The number of esters is 1. The summed E-state index contributed by atoms with van der Waals surface area (Å²) in [6.45, 7) is 5.74. The number of nitrogens with zero attached hydrogens (tertiary/aromatic N) is 3. The van der Waals surface area contributed by atoms with Crippen LogP contribution in [0.4, 0.5) is 0 Å². The molecule has 33 heavy (non-hydrogen) atoms. The minimum absolute atomic E-state index is 0.0445. The van der Waals surface area contributed by atoms with E-state index >= 15 is 0 Å². The lowest BCUT2D eigenvalue weighted by molar-refractivity contribution is -0.135. The maximum atomic E-state index is 13.1. The minimum atomic E-state index is -0.618. The predicted molar refractivity (Wildman–Crippen MR) is 122 cm³/mol. The second-order valence-electron chi connectivity index (χ2n) is 8.17. The van der Waals surface area contributed by atoms with Gasteiger partial charge in [-0.3, -0.25) is 4.79 Å². The van der Waals surface area contributed by atoms with Crippen molar-refractivity contribution >= 4 is 34.3 Å². The predicted octanol–water partition coefficient (Wildman–Crippen LogP) is 4.99. The normalized spacial score (nSPS) is 16.0. The van der Waals surface area contributed by atoms with Gasteiger partial charge in [0.05, 0.1) is 28.4 Å². The van der Waals surface area contributed by atoms with Crippen LogP contribution in [0.15, 0.2) is 38.6 Å². The van der Waals surface area contributed by atoms with E-state index in [4.69, 9.17) is 13.7 Å². The van der Waals surface area contributed by atoms with Crippen LogP contribution in [-0.2, 0) is 9.53 Å². The molecular formula is C24H23N3O5S. The van der Waals surface area contributed by atoms with Crippen molar-refractivity contribution in [1.29, 1.82) is 0 Å². The third kappa shape index (κ3) is 3.93. The number of amides is 1. The number of carbonyl (C=O) groups is 2. The monoisotopic (exact) mass is 465 g/mol. The van der Waals surface area contributed by atoms with Crippen LogP contribution in [0, 0.1) is 20.8 Å². The highest BCUT2D eigenvalue weighted by molar-refractivity contribution is 7.10. The van der Waals surface area contributed by atoms with E-state index in [9.17, 15) is 9.59 Å². The largest absolute Gasteiger partial charge is 0.466 e. The van der Waals surface area contributed by atoms with Gasteiger partial charge in [-0.2, -0.15) is 0 Å². The summed E-state index contributed by atoms with van der Waals surface area (Å²) < 4.78 is 16.4. The summed E-state index contributed by atoms with van der Waals surface area (Å²) in [6, 6.07) is 7.56. The molecule has 1 fully saturated rings. The lowest BCUT2D eigenvalue weighted by Crippen LogP contribution is -2.34. The molecule has 5 rings (SSSR count). The number of ether oxygens (including phenoxy) is 1. The van der Waals surface area contributed by atoms with Crippen LogP contribution in [0.5, 0.6) is 0 Å². The van der Waals surface area contributed by atoms with Gasteiger partial charge in [0.2, 0.25) is 0 Å². The second-order valence-corrected chi connectivity index (χ2v) is 9.15. The molecule has 0 saturated carbocycles. The molecule has 1 aliphatic heterocycles. The van der Waals surface area contributed by atoms with Gasteiger partial charge >= 0.3 is 5.97 Å². The van der Waals surface area contributed by atoms with E-state index in [1.807, 2.05) is 37.4 Å². The first-order chi connectivity index (χ1) is 15.9. The second kappa shape index (κ2) is 8.47. The summed E-state index contributed by atoms with van der Waals surface area (Å²) in [7, 11) is 0. The highest BCUT2D eigenvalue weighted by atomic mass is 32.1. The molecule has 4 aromatic heterocycles. The van der Waals surface area contributed by atoms with Gasteiger partial charge in [-0.25, -0.2) is 9.78 Å². The van der Waals surface area contributed by atoms with Gasteiger partial charge in [0.15, 0.2) is 6.61 Å². The Morgan fingerprint density at radius 3 is 2.85 bits per heavy atom. The van der Waals surface area contributed by atoms with Crippen LogP contribution in [0.2, 0.25) is 0 Å². The van der Waals surface area contributed by atoms with E-state index < -0.39 is 5.97 Å². The molecule has 1 saturated heterocycles. The fourth-order valence-electron chi connectivity index (χ4n) is 4.41. The molecule has 0 bridgehead atoms. The number of aromatic nitrogens is 2. The van der Waals surface area contributed by atoms with Crippen LogP contribution in [0.25, 0.3) is 22.4 Å². The molecule has 0 spiro atoms. The van der Waals surface area contributed by atoms with Crippen molar-refractivity contribution in [2.24, 2.45) is 0 Å². The fraction of sp³-hybridized carbons (Fsp3) is 0.333. The number of furan rings is 1. The average Bonchev–Trinajstić information content (AvgIpc) is 3.58. The zero-order chi connectivity index (χ0) is 23.1. The van der Waals surface area contributed by atoms with Crippen LogP contribution >= 0.6 is 11.3 Å². The standard InChI is InChI=1S/C24H23N3O5S/c1-13-10-16(15(3)31-13)18-11-17(22-14(2)26-32-23(22)25-18)24(29)30-12-21(28)27-8-4-6-19(27)20-7-5-9-33-20/h5,7,9-11,19H,4,6,8,12H2,1-3H3. The lowest BCUT2D eigenvalue weighted by atomic mass is 10.1. The van der Waals surface area contributed by atoms with Crippen molar-refractivity contribution in [1.82, 2.24) is 15.0 Å². The van der Waals surface area contributed by atoms with Crippen molar-refractivity contribution in [3.8, 4) is 11.3 Å². The first kappa shape index (κ1) is 21.4. The van der Waals surface area contributed by atoms with Crippen molar-refractivity contribution in [2.45, 2.75) is 39.7 Å². The number of pyridine rings is 1. The zero-order valence-corrected chi connectivity index (χ0v) is 19.4. The van der Waals surface area contributed by atoms with Gasteiger partial charge in [-0.15, -0.1) is 11.3 Å². The summed E-state index contributed by atoms with van der Waals surface area (Å²) in [5.74, 6) is 0.596. The van der Waals surface area contributed by atoms with E-state index in [1.165, 1.54) is 0 Å². The van der Waals surface area contributed by atoms with Gasteiger partial charge in [-0.05, 0) is 57.2 Å². The van der Waals surface area contributed by atoms with Crippen LogP contribution in [-0.4, -0.2) is 40.1 Å². The van der Waals surface area contributed by atoms with Crippen LogP contribution in [0.1, 0.15) is 51.3 Å². The highest BCUT2D eigenvalue weighted by Crippen LogP contribution is 2.35. The molecule has 0 aliphatic carbocycles. The first-order valence-corrected chi connectivity index (χ1v) is 11.6. The van der Waals surface area contributed by atoms with E-state index in [0.717, 1.165) is 29.0 Å². The number of fused-ring (bicyclic) bond motifs is 1. The molecule has 1 unspecified atom stereocenters. The smallest absolute Gasteiger partial charge is 0.339 e. The van der Waals surface area contributed by atoms with Gasteiger partial charge in [-0.1, -0.05) is 11.2 Å². The summed E-state index contributed by atoms with van der Waals surface area (Å²) in [4.78, 5) is 33.5. The maximum absolute atomic E-state index is 13.1. The van der Waals surface area contributed by atoms with E-state index in [2.05, 4.69) is 10.1 Å². The maximum Gasteiger partial charge on any atom is 0.339 e. The number of likely N-dealkylation sites (tertiary alicyclic amines) is 1. The molecule has 5 heterocycles. The topological polar surface area (TPSA) is 98.7 Å². The first-order valence-electron chi connectivity index (χ1n) is 10.8. The quantitative estimate of drug-likeness (QED) is 0.383. The van der Waals surface area contributed by atoms with E-state index in [1.54, 1.807) is 29.2 Å². The Hall–Kier alpha value is -3.46. The number of hydrogen-bond acceptors (Lipinski definition) is 8. The van der Waals surface area contributed by atoms with E-state index in [-0.39, 0.29) is 29.8 Å². The fourth-order valence-corrected chi connectivity index (χ4v) is 5.28. The Balaban J connectivity index is 1.39. The van der Waals surface area contributed by atoms with Gasteiger partial charge in [0, 0.05) is 17.0 Å². The molecule has 1 amide bonds. The molecule has 0 radical (unpaired) electrons. The number of rotatable bonds is 5. The van der Waals surface area contributed by atoms with Gasteiger partial charge in [0.25, 0.3) is 11.6 Å². The Morgan fingerprint density at radius 1 is 1.27 bits per heavy atom. The Bertz CT molecular complexity index is 1340. The van der Waals surface area contributed by atoms with Crippen molar-refractivity contribution < 1.29 is 23.3 Å². The zero-order valence-electron chi connectivity index (χ0n) is 18.6. The third-order valence-electron chi connectivity index (χ3n) is 5.93. The Kier molecular flexibility index (Phi) is 5.49. The molecule has 0 N–H and O–H groups in total. The molecule has 4 aromatic rings. The molecule has 1 atom stereocenters. The Labute approximate surface area is 194 Å². The van der Waals surface area contributed by atoms with Crippen molar-refractivity contribution in [3.63, 3.8) is 0 Å². The number of thiophene rings is 1. The van der Waals surface area contributed by atoms with Crippen molar-refractivity contribution in [2.75, 3.05) is 13.2 Å². The molecule has 0 aromatic carbocycles. The van der Waals surface area contributed by atoms with Crippen molar-refractivity contribution in [3.05, 3.63) is 57.3 Å². The molecule has 1 aliphatic rings. The number of aryl methyl sites for hydroxylation is 3. The molecular weight excluding hydrogens is 442 g/mol. The highest BCUT2D eigenvalue weighted by Gasteiger charge is 2.31. The minimum Gasteiger partial charge on any atom is -0.466 e. The Morgan fingerprint density at radius 2 is 2.12 bits per heavy atom. The van der Waals surface area contributed by atoms with Gasteiger partial charge < -0.3 is 18.6 Å². The van der Waals surface area contributed by atoms with Gasteiger partial charge in [0.1, 0.15) is 11.5 Å². The third-order valence-corrected chi connectivity index (χ3v) is 6.90. The molecule has 8 nitrogen and oxygen atoms in total. The molecule has 170 valence electrons. The molecule has 9 heteroatoms. The number of hydrogen-bond donors (Lipinski definition) is 0. The average molecular weight is 466 g/mol. The lowest BCUT2D eigenvalue weighted by Gasteiger charge is -2.23. The van der Waals surface area contributed by atoms with E-state index in [0.29, 0.717) is 29.1 Å². The summed E-state index contributed by atoms with van der Waals surface area (Å²) in [5, 5.41) is 6.44. The summed E-state index contributed by atoms with van der Waals surface area (Å²) in [5.41, 5.74) is 2.29. The summed E-state index contributed by atoms with van der Waals surface area (Å²) in [6.07, 6.45) is 1.85. The van der Waals surface area contributed by atoms with Crippen LogP contribution < -0.4 is 0 Å². The summed E-state index contributed by atoms with van der Waals surface area (Å²) >= 11 is 1.64. The number of carbonyl (C=O) groups excluding carboxylic acids is 2.